The number of halogens is 1. The van der Waals surface area contributed by atoms with E-state index in [1.807, 2.05) is 30.3 Å². The van der Waals surface area contributed by atoms with Crippen molar-refractivity contribution in [2.75, 3.05) is 6.54 Å². The average Bonchev–Trinajstić information content (AvgIpc) is 2.60. The standard InChI is InChI=1S/C21H22BrNO2/c22-18-9-7-16(8-10-18)19(24)11-12-20(25)23-15-21(13-4-14-21)17-5-2-1-3-6-17/h1-3,5-10H,4,11-15H2,(H,23,25). The van der Waals surface area contributed by atoms with Gasteiger partial charge in [0.1, 0.15) is 0 Å². The molecule has 0 radical (unpaired) electrons. The van der Waals surface area contributed by atoms with E-state index in [4.69, 9.17) is 0 Å². The molecule has 0 bridgehead atoms. The smallest absolute Gasteiger partial charge is 0.220 e. The molecule has 2 aromatic carbocycles. The number of rotatable bonds is 7. The highest BCUT2D eigenvalue weighted by Crippen LogP contribution is 2.43. The number of hydrogen-bond donors (Lipinski definition) is 1. The van der Waals surface area contributed by atoms with Gasteiger partial charge in [0.15, 0.2) is 5.78 Å². The molecule has 25 heavy (non-hydrogen) atoms. The van der Waals surface area contributed by atoms with Crippen LogP contribution in [-0.4, -0.2) is 18.2 Å². The SMILES string of the molecule is O=C(CCC(=O)c1ccc(Br)cc1)NCC1(c2ccccc2)CCC1. The van der Waals surface area contributed by atoms with Gasteiger partial charge in [-0.1, -0.05) is 64.8 Å². The van der Waals surface area contributed by atoms with Gasteiger partial charge in [0, 0.05) is 34.8 Å². The molecular formula is C21H22BrNO2. The molecule has 0 spiro atoms. The van der Waals surface area contributed by atoms with Crippen molar-refractivity contribution >= 4 is 27.6 Å². The lowest BCUT2D eigenvalue weighted by Gasteiger charge is -2.42. The molecule has 1 saturated carbocycles. The Balaban J connectivity index is 1.49. The lowest BCUT2D eigenvalue weighted by atomic mass is 9.64. The summed E-state index contributed by atoms with van der Waals surface area (Å²) in [5, 5.41) is 3.04. The molecule has 0 unspecified atom stereocenters. The van der Waals surface area contributed by atoms with Gasteiger partial charge in [0.05, 0.1) is 0 Å². The van der Waals surface area contributed by atoms with Crippen LogP contribution >= 0.6 is 15.9 Å². The van der Waals surface area contributed by atoms with Crippen molar-refractivity contribution < 1.29 is 9.59 Å². The summed E-state index contributed by atoms with van der Waals surface area (Å²) in [6.07, 6.45) is 3.89. The number of nitrogens with one attached hydrogen (secondary N) is 1. The van der Waals surface area contributed by atoms with E-state index in [1.165, 1.54) is 12.0 Å². The maximum absolute atomic E-state index is 12.2. The van der Waals surface area contributed by atoms with Gasteiger partial charge in [-0.25, -0.2) is 0 Å². The predicted molar refractivity (Wildman–Crippen MR) is 103 cm³/mol. The number of Topliss-reactive ketones (excluding diaryl/α,β-unsaturated/α-hetero) is 1. The summed E-state index contributed by atoms with van der Waals surface area (Å²) in [6.45, 7) is 0.655. The number of carbonyl (C=O) groups is 2. The largest absolute Gasteiger partial charge is 0.355 e. The van der Waals surface area contributed by atoms with E-state index in [-0.39, 0.29) is 29.9 Å². The Morgan fingerprint density at radius 1 is 0.960 bits per heavy atom. The van der Waals surface area contributed by atoms with Gasteiger partial charge < -0.3 is 5.32 Å². The second-order valence-electron chi connectivity index (χ2n) is 6.71. The van der Waals surface area contributed by atoms with Crippen LogP contribution < -0.4 is 5.32 Å². The predicted octanol–water partition coefficient (Wildman–Crippen LogP) is 4.65. The summed E-state index contributed by atoms with van der Waals surface area (Å²) < 4.78 is 0.938. The van der Waals surface area contributed by atoms with Gasteiger partial charge in [-0.3, -0.25) is 9.59 Å². The first-order chi connectivity index (χ1) is 12.1. The molecule has 4 heteroatoms. The Morgan fingerprint density at radius 3 is 2.24 bits per heavy atom. The highest BCUT2D eigenvalue weighted by Gasteiger charge is 2.38. The normalized spacial score (nSPS) is 15.2. The highest BCUT2D eigenvalue weighted by molar-refractivity contribution is 9.10. The van der Waals surface area contributed by atoms with Crippen LogP contribution in [-0.2, 0) is 10.2 Å². The van der Waals surface area contributed by atoms with Gasteiger partial charge in [0.25, 0.3) is 0 Å². The lowest BCUT2D eigenvalue weighted by Crippen LogP contribution is -2.45. The van der Waals surface area contributed by atoms with E-state index in [9.17, 15) is 9.59 Å². The van der Waals surface area contributed by atoms with Crippen molar-refractivity contribution in [3.05, 3.63) is 70.2 Å². The van der Waals surface area contributed by atoms with E-state index in [0.717, 1.165) is 17.3 Å². The van der Waals surface area contributed by atoms with Crippen LogP contribution in [0.25, 0.3) is 0 Å². The fourth-order valence-electron chi connectivity index (χ4n) is 3.33. The van der Waals surface area contributed by atoms with Crippen LogP contribution in [0.3, 0.4) is 0 Å². The third kappa shape index (κ3) is 4.37. The fraction of sp³-hybridized carbons (Fsp3) is 0.333. The first kappa shape index (κ1) is 17.9. The minimum Gasteiger partial charge on any atom is -0.355 e. The lowest BCUT2D eigenvalue weighted by molar-refractivity contribution is -0.121. The van der Waals surface area contributed by atoms with Crippen molar-refractivity contribution in [2.45, 2.75) is 37.5 Å². The molecular weight excluding hydrogens is 378 g/mol. The monoisotopic (exact) mass is 399 g/mol. The molecule has 1 amide bonds. The van der Waals surface area contributed by atoms with Gasteiger partial charge in [-0.05, 0) is 30.5 Å². The first-order valence-electron chi connectivity index (χ1n) is 8.70. The van der Waals surface area contributed by atoms with Crippen LogP contribution in [0, 0.1) is 0 Å². The van der Waals surface area contributed by atoms with Crippen molar-refractivity contribution in [2.24, 2.45) is 0 Å². The van der Waals surface area contributed by atoms with Gasteiger partial charge in [-0.15, -0.1) is 0 Å². The Morgan fingerprint density at radius 2 is 1.64 bits per heavy atom. The van der Waals surface area contributed by atoms with Crippen LogP contribution in [0.5, 0.6) is 0 Å². The molecule has 2 aromatic rings. The summed E-state index contributed by atoms with van der Waals surface area (Å²) in [7, 11) is 0. The number of benzene rings is 2. The zero-order valence-corrected chi connectivity index (χ0v) is 15.7. The third-order valence-electron chi connectivity index (χ3n) is 5.07. The van der Waals surface area contributed by atoms with Gasteiger partial charge >= 0.3 is 0 Å². The topological polar surface area (TPSA) is 46.2 Å². The maximum Gasteiger partial charge on any atom is 0.220 e. The second-order valence-corrected chi connectivity index (χ2v) is 7.62. The number of amides is 1. The third-order valence-corrected chi connectivity index (χ3v) is 5.59. The number of carbonyl (C=O) groups excluding carboxylic acids is 2. The molecule has 130 valence electrons. The molecule has 0 heterocycles. The molecule has 1 fully saturated rings. The van der Waals surface area contributed by atoms with Crippen LogP contribution in [0.15, 0.2) is 59.1 Å². The molecule has 0 saturated heterocycles. The molecule has 1 N–H and O–H groups in total. The van der Waals surface area contributed by atoms with Crippen molar-refractivity contribution in [1.29, 1.82) is 0 Å². The first-order valence-corrected chi connectivity index (χ1v) is 9.49. The zero-order valence-electron chi connectivity index (χ0n) is 14.1. The minimum absolute atomic E-state index is 0.00377. The van der Waals surface area contributed by atoms with Crippen LogP contribution in [0.1, 0.15) is 48.0 Å². The van der Waals surface area contributed by atoms with E-state index in [1.54, 1.807) is 12.1 Å². The van der Waals surface area contributed by atoms with Crippen LogP contribution in [0.4, 0.5) is 0 Å². The fourth-order valence-corrected chi connectivity index (χ4v) is 3.59. The van der Waals surface area contributed by atoms with Crippen LogP contribution in [0.2, 0.25) is 0 Å². The quantitative estimate of drug-likeness (QED) is 0.688. The summed E-state index contributed by atoms with van der Waals surface area (Å²) in [5.74, 6) is -0.0447. The molecule has 0 aromatic heterocycles. The Hall–Kier alpha value is -1.94. The highest BCUT2D eigenvalue weighted by atomic mass is 79.9. The Kier molecular flexibility index (Phi) is 5.69. The van der Waals surface area contributed by atoms with E-state index in [0.29, 0.717) is 12.1 Å². The summed E-state index contributed by atoms with van der Waals surface area (Å²) in [4.78, 5) is 24.3. The molecule has 1 aliphatic rings. The Bertz CT molecular complexity index is 736. The van der Waals surface area contributed by atoms with E-state index >= 15 is 0 Å². The average molecular weight is 400 g/mol. The maximum atomic E-state index is 12.2. The van der Waals surface area contributed by atoms with Gasteiger partial charge in [-0.2, -0.15) is 0 Å². The molecule has 0 atom stereocenters. The van der Waals surface area contributed by atoms with E-state index < -0.39 is 0 Å². The van der Waals surface area contributed by atoms with Crippen molar-refractivity contribution in [3.63, 3.8) is 0 Å². The molecule has 3 rings (SSSR count). The van der Waals surface area contributed by atoms with Crippen molar-refractivity contribution in [3.8, 4) is 0 Å². The summed E-state index contributed by atoms with van der Waals surface area (Å²) in [6, 6.07) is 17.6. The summed E-state index contributed by atoms with van der Waals surface area (Å²) in [5.41, 5.74) is 2.02. The molecule has 1 aliphatic carbocycles. The number of ketones is 1. The molecule has 0 aliphatic heterocycles. The van der Waals surface area contributed by atoms with Gasteiger partial charge in [0.2, 0.25) is 5.91 Å². The Labute approximate surface area is 157 Å². The zero-order chi connectivity index (χ0) is 17.7. The summed E-state index contributed by atoms with van der Waals surface area (Å²) >= 11 is 3.35. The van der Waals surface area contributed by atoms with E-state index in [2.05, 4.69) is 33.4 Å². The minimum atomic E-state index is -0.0485. The number of hydrogen-bond acceptors (Lipinski definition) is 2. The van der Waals surface area contributed by atoms with Crippen molar-refractivity contribution in [1.82, 2.24) is 5.32 Å². The molecule has 3 nitrogen and oxygen atoms in total. The second kappa shape index (κ2) is 7.96.